The fourth-order valence-electron chi connectivity index (χ4n) is 1.53. The van der Waals surface area contributed by atoms with Crippen LogP contribution >= 0.6 is 0 Å². The Morgan fingerprint density at radius 3 is 2.38 bits per heavy atom. The molecule has 0 heterocycles. The number of carbonyl (C=O) groups is 1. The first-order valence-electron chi connectivity index (χ1n) is 6.43. The molecule has 0 aromatic heterocycles. The summed E-state index contributed by atoms with van der Waals surface area (Å²) >= 11 is 0. The van der Waals surface area contributed by atoms with E-state index in [4.69, 9.17) is 5.48 Å². The van der Waals surface area contributed by atoms with Gasteiger partial charge in [0.25, 0.3) is 0 Å². The van der Waals surface area contributed by atoms with Gasteiger partial charge in [0.15, 0.2) is 0 Å². The summed E-state index contributed by atoms with van der Waals surface area (Å²) in [5.41, 5.74) is 0.896. The van der Waals surface area contributed by atoms with Crippen LogP contribution in [-0.2, 0) is 4.79 Å². The van der Waals surface area contributed by atoms with E-state index in [9.17, 15) is 4.79 Å². The molecule has 2 rings (SSSR count). The molecule has 1 nitrogen and oxygen atoms in total. The number of rotatable bonds is 1. The van der Waals surface area contributed by atoms with E-state index >= 15 is 0 Å². The van der Waals surface area contributed by atoms with E-state index in [0.717, 1.165) is 5.56 Å². The topological polar surface area (TPSA) is 17.1 Å². The Hall–Kier alpha value is -1.11. The highest BCUT2D eigenvalue weighted by Crippen LogP contribution is 2.30. The fraction of sp³-hybridized carbons (Fsp3) is 0.417. The monoisotopic (exact) mass is 178 g/mol. The summed E-state index contributed by atoms with van der Waals surface area (Å²) < 4.78 is 30.6. The number of ketones is 1. The maximum atomic E-state index is 11.6. The molecule has 0 aliphatic heterocycles. The third-order valence-electron chi connectivity index (χ3n) is 2.29. The molecule has 1 aromatic carbocycles. The predicted molar refractivity (Wildman–Crippen MR) is 52.7 cm³/mol. The third-order valence-corrected chi connectivity index (χ3v) is 2.29. The summed E-state index contributed by atoms with van der Waals surface area (Å²) in [6.07, 6.45) is -4.00. The van der Waals surface area contributed by atoms with Gasteiger partial charge in [-0.3, -0.25) is 4.79 Å². The minimum absolute atomic E-state index is 0.0648. The second kappa shape index (κ2) is 3.73. The molecule has 68 valence electrons. The quantitative estimate of drug-likeness (QED) is 0.646. The second-order valence-corrected chi connectivity index (χ2v) is 3.20. The highest BCUT2D eigenvalue weighted by molar-refractivity contribution is 5.79. The Balaban J connectivity index is 2.31. The lowest BCUT2D eigenvalue weighted by Gasteiger charge is -2.20. The molecule has 0 bridgehead atoms. The molecule has 0 saturated heterocycles. The molecular weight excluding hydrogens is 160 g/mol. The number of benzene rings is 1. The molecule has 1 fully saturated rings. The average molecular weight is 178 g/mol. The Kier molecular flexibility index (Phi) is 1.42. The van der Waals surface area contributed by atoms with Crippen molar-refractivity contribution in [2.45, 2.75) is 31.5 Å². The highest BCUT2D eigenvalue weighted by Gasteiger charge is 2.19. The van der Waals surface area contributed by atoms with Crippen molar-refractivity contribution in [3.05, 3.63) is 35.9 Å². The Morgan fingerprint density at radius 2 is 1.77 bits per heavy atom. The Bertz CT molecular complexity index is 407. The lowest BCUT2D eigenvalue weighted by molar-refractivity contribution is -0.120. The number of hydrogen-bond acceptors (Lipinski definition) is 1. The minimum atomic E-state index is -2.07. The molecule has 0 unspecified atom stereocenters. The molecule has 1 aliphatic rings. The van der Waals surface area contributed by atoms with Crippen LogP contribution in [0, 0.1) is 0 Å². The van der Waals surface area contributed by atoms with Crippen molar-refractivity contribution < 1.29 is 10.3 Å². The normalized spacial score (nSPS) is 31.2. The molecule has 0 N–H and O–H groups in total. The zero-order chi connectivity index (χ0) is 12.7. The van der Waals surface area contributed by atoms with Crippen LogP contribution in [-0.4, -0.2) is 5.78 Å². The first-order valence-corrected chi connectivity index (χ1v) is 4.43. The fourth-order valence-corrected chi connectivity index (χ4v) is 1.53. The number of hydrogen-bond donors (Lipinski definition) is 0. The van der Waals surface area contributed by atoms with Crippen LogP contribution < -0.4 is 0 Å². The van der Waals surface area contributed by atoms with Gasteiger partial charge in [-0.05, 0) is 24.3 Å². The first kappa shape index (κ1) is 4.94. The summed E-state index contributed by atoms with van der Waals surface area (Å²) in [6, 6.07) is 9.26. The van der Waals surface area contributed by atoms with Crippen LogP contribution in [0.5, 0.6) is 0 Å². The lowest BCUT2D eigenvalue weighted by atomic mass is 9.84. The van der Waals surface area contributed by atoms with Gasteiger partial charge < -0.3 is 0 Å². The molecule has 0 atom stereocenters. The maximum absolute atomic E-state index is 11.6. The third kappa shape index (κ3) is 1.97. The van der Waals surface area contributed by atoms with Gasteiger partial charge in [-0.15, -0.1) is 0 Å². The van der Waals surface area contributed by atoms with E-state index in [1.807, 2.05) is 30.3 Å². The van der Waals surface area contributed by atoms with E-state index < -0.39 is 18.5 Å². The van der Waals surface area contributed by atoms with Crippen LogP contribution in [0.2, 0.25) is 0 Å². The summed E-state index contributed by atoms with van der Waals surface area (Å²) in [7, 11) is 0. The van der Waals surface area contributed by atoms with Crippen LogP contribution in [0.25, 0.3) is 0 Å². The van der Waals surface area contributed by atoms with E-state index in [1.54, 1.807) is 0 Å². The van der Waals surface area contributed by atoms with Crippen LogP contribution in [0.15, 0.2) is 30.3 Å². The van der Waals surface area contributed by atoms with Crippen molar-refractivity contribution in [1.29, 1.82) is 0 Å². The molecule has 0 amide bonds. The summed E-state index contributed by atoms with van der Waals surface area (Å²) in [4.78, 5) is 11.6. The van der Waals surface area contributed by atoms with Crippen molar-refractivity contribution in [2.75, 3.05) is 0 Å². The summed E-state index contributed by atoms with van der Waals surface area (Å²) in [5, 5.41) is 0. The van der Waals surface area contributed by atoms with E-state index in [2.05, 4.69) is 0 Å². The predicted octanol–water partition coefficient (Wildman–Crippen LogP) is 2.91. The number of Topliss-reactive ketones (excluding diaryl/α,β-unsaturated/α-hetero) is 1. The van der Waals surface area contributed by atoms with Crippen LogP contribution in [0.3, 0.4) is 0 Å². The standard InChI is InChI=1S/C12H14O/c13-12-8-6-11(7-9-12)10-4-2-1-3-5-10/h1-5,11H,6-9H2/i8D2,9D2. The molecule has 0 radical (unpaired) electrons. The molecule has 13 heavy (non-hydrogen) atoms. The summed E-state index contributed by atoms with van der Waals surface area (Å²) in [6.45, 7) is 0. The van der Waals surface area contributed by atoms with Gasteiger partial charge in [-0.25, -0.2) is 0 Å². The molecule has 1 heteroatoms. The van der Waals surface area contributed by atoms with E-state index in [1.165, 1.54) is 0 Å². The minimum Gasteiger partial charge on any atom is -0.300 e. The smallest absolute Gasteiger partial charge is 0.132 e. The van der Waals surface area contributed by atoms with Crippen molar-refractivity contribution in [3.8, 4) is 0 Å². The van der Waals surface area contributed by atoms with Crippen molar-refractivity contribution >= 4 is 5.78 Å². The molecule has 0 spiro atoms. The van der Waals surface area contributed by atoms with Crippen LogP contribution in [0.4, 0.5) is 0 Å². The zero-order valence-electron chi connectivity index (χ0n) is 11.3. The van der Waals surface area contributed by atoms with Gasteiger partial charge in [-0.2, -0.15) is 0 Å². The largest absolute Gasteiger partial charge is 0.300 e. The van der Waals surface area contributed by atoms with Gasteiger partial charge in [0, 0.05) is 18.2 Å². The van der Waals surface area contributed by atoms with Gasteiger partial charge in [0.05, 0.1) is 0 Å². The SMILES string of the molecule is [2H]C1([2H])CC(c2ccccc2)CC([2H])([2H])C1=O. The van der Waals surface area contributed by atoms with Crippen molar-refractivity contribution in [3.63, 3.8) is 0 Å². The molecule has 1 aromatic rings. The van der Waals surface area contributed by atoms with Crippen LogP contribution in [0.1, 0.15) is 42.6 Å². The second-order valence-electron chi connectivity index (χ2n) is 3.20. The lowest BCUT2D eigenvalue weighted by Crippen LogP contribution is -2.12. The van der Waals surface area contributed by atoms with E-state index in [0.29, 0.717) is 0 Å². The van der Waals surface area contributed by atoms with Gasteiger partial charge >= 0.3 is 0 Å². The van der Waals surface area contributed by atoms with Gasteiger partial charge in [0.2, 0.25) is 0 Å². The molecule has 1 saturated carbocycles. The molecule has 1 aliphatic carbocycles. The first-order chi connectivity index (χ1) is 7.83. The highest BCUT2D eigenvalue weighted by atomic mass is 16.1. The van der Waals surface area contributed by atoms with Gasteiger partial charge in [0.1, 0.15) is 5.78 Å². The average Bonchev–Trinajstić information content (AvgIpc) is 2.26. The van der Waals surface area contributed by atoms with E-state index in [-0.39, 0.29) is 18.8 Å². The Morgan fingerprint density at radius 1 is 1.15 bits per heavy atom. The van der Waals surface area contributed by atoms with Gasteiger partial charge in [-0.1, -0.05) is 30.3 Å². The maximum Gasteiger partial charge on any atom is 0.132 e. The van der Waals surface area contributed by atoms with Crippen molar-refractivity contribution in [2.24, 2.45) is 0 Å². The zero-order valence-corrected chi connectivity index (χ0v) is 7.29. The van der Waals surface area contributed by atoms with Crippen molar-refractivity contribution in [1.82, 2.24) is 0 Å². The number of carbonyl (C=O) groups excluding carboxylic acids is 1. The summed E-state index contributed by atoms with van der Waals surface area (Å²) in [5.74, 6) is -1.16. The Labute approximate surface area is 84.4 Å². The molecular formula is C12H14O.